The van der Waals surface area contributed by atoms with Crippen LogP contribution in [0, 0.1) is 5.92 Å². The number of hydrogen-bond donors (Lipinski definition) is 2. The lowest BCUT2D eigenvalue weighted by Gasteiger charge is -2.15. The Balaban J connectivity index is 2.37. The summed E-state index contributed by atoms with van der Waals surface area (Å²) in [5, 5.41) is 19.1. The third kappa shape index (κ3) is 12.1. The molecule has 0 aromatic carbocycles. The average Bonchev–Trinajstić information content (AvgIpc) is 2.76. The van der Waals surface area contributed by atoms with E-state index in [2.05, 4.69) is 0 Å². The molecule has 1 aliphatic carbocycles. The summed E-state index contributed by atoms with van der Waals surface area (Å²) in [6.45, 7) is 1.15. The zero-order valence-electron chi connectivity index (χ0n) is 18.3. The summed E-state index contributed by atoms with van der Waals surface area (Å²) in [6.07, 6.45) is 9.05. The number of Topliss-reactive ketones (excluding diaryl/α,β-unsaturated/α-hetero) is 2. The van der Waals surface area contributed by atoms with Gasteiger partial charge in [0.1, 0.15) is 19.3 Å². The minimum Gasteiger partial charge on any atom is -0.460 e. The van der Waals surface area contributed by atoms with Crippen LogP contribution in [0.25, 0.3) is 0 Å². The van der Waals surface area contributed by atoms with E-state index in [9.17, 15) is 29.4 Å². The molecule has 1 aliphatic rings. The van der Waals surface area contributed by atoms with Crippen molar-refractivity contribution in [2.45, 2.75) is 38.4 Å². The van der Waals surface area contributed by atoms with Crippen LogP contribution in [0.3, 0.4) is 0 Å². The average molecular weight is 450 g/mol. The van der Waals surface area contributed by atoms with Crippen LogP contribution >= 0.6 is 0 Å². The number of allylic oxidation sites excluding steroid dienone is 4. The standard InChI is InChI=1S/C23H30O9/c1-16(24)3-4-17(11-12-30-2)6-9-22(28)31-14-19(25)15-32-23(29)10-7-18-5-8-20(26)21(27)13-18/h3-4,6-7,9-11,16,18-19,24-25H,5,8,12-15H2,1-2H3/b4-3?,9-6?,10-7+,17-11?. The molecule has 0 amide bonds. The van der Waals surface area contributed by atoms with Crippen molar-refractivity contribution < 1.29 is 43.6 Å². The summed E-state index contributed by atoms with van der Waals surface area (Å²) in [4.78, 5) is 46.1. The molecule has 0 aliphatic heterocycles. The molecule has 2 N–H and O–H groups in total. The summed E-state index contributed by atoms with van der Waals surface area (Å²) in [5.41, 5.74) is 0.620. The maximum Gasteiger partial charge on any atom is 0.330 e. The van der Waals surface area contributed by atoms with Gasteiger partial charge in [0, 0.05) is 32.1 Å². The maximum atomic E-state index is 11.8. The van der Waals surface area contributed by atoms with Crippen LogP contribution in [-0.2, 0) is 33.4 Å². The Morgan fingerprint density at radius 2 is 1.69 bits per heavy atom. The molecule has 0 spiro atoms. The Morgan fingerprint density at radius 3 is 2.28 bits per heavy atom. The van der Waals surface area contributed by atoms with E-state index in [0.717, 1.165) is 12.2 Å². The molecular weight excluding hydrogens is 420 g/mol. The molecule has 0 bridgehead atoms. The van der Waals surface area contributed by atoms with Crippen molar-refractivity contribution in [2.75, 3.05) is 26.9 Å². The van der Waals surface area contributed by atoms with Gasteiger partial charge in [-0.25, -0.2) is 9.59 Å². The topological polar surface area (TPSA) is 136 Å². The number of ketones is 2. The van der Waals surface area contributed by atoms with Crippen molar-refractivity contribution in [3.63, 3.8) is 0 Å². The van der Waals surface area contributed by atoms with E-state index >= 15 is 0 Å². The zero-order valence-corrected chi connectivity index (χ0v) is 18.3. The third-order valence-electron chi connectivity index (χ3n) is 4.31. The van der Waals surface area contributed by atoms with E-state index in [-0.39, 0.29) is 37.8 Å². The smallest absolute Gasteiger partial charge is 0.330 e. The minimum absolute atomic E-state index is 0.0753. The van der Waals surface area contributed by atoms with E-state index in [1.165, 1.54) is 25.3 Å². The number of aliphatic hydroxyl groups is 2. The van der Waals surface area contributed by atoms with Gasteiger partial charge in [-0.2, -0.15) is 0 Å². The molecule has 176 valence electrons. The number of esters is 2. The maximum absolute atomic E-state index is 11.8. The monoisotopic (exact) mass is 450 g/mol. The van der Waals surface area contributed by atoms with Crippen LogP contribution in [0.4, 0.5) is 0 Å². The lowest BCUT2D eigenvalue weighted by atomic mass is 9.87. The van der Waals surface area contributed by atoms with E-state index in [1.807, 2.05) is 0 Å². The first kappa shape index (κ1) is 27.2. The Hall–Kier alpha value is -2.88. The number of methoxy groups -OCH3 is 1. The van der Waals surface area contributed by atoms with Gasteiger partial charge in [-0.3, -0.25) is 9.59 Å². The van der Waals surface area contributed by atoms with Gasteiger partial charge >= 0.3 is 11.9 Å². The zero-order chi connectivity index (χ0) is 23.9. The number of aliphatic hydroxyl groups excluding tert-OH is 2. The lowest BCUT2D eigenvalue weighted by molar-refractivity contribution is -0.146. The highest BCUT2D eigenvalue weighted by molar-refractivity contribution is 6.37. The van der Waals surface area contributed by atoms with Crippen molar-refractivity contribution >= 4 is 23.5 Å². The number of ether oxygens (including phenoxy) is 3. The summed E-state index contributed by atoms with van der Waals surface area (Å²) in [6, 6.07) is 0. The Bertz CT molecular complexity index is 774. The molecule has 9 heteroatoms. The van der Waals surface area contributed by atoms with Crippen LogP contribution in [0.5, 0.6) is 0 Å². The molecular formula is C23H30O9. The van der Waals surface area contributed by atoms with E-state index in [0.29, 0.717) is 18.6 Å². The predicted octanol–water partition coefficient (Wildman–Crippen LogP) is 0.994. The van der Waals surface area contributed by atoms with Gasteiger partial charge in [0.05, 0.1) is 12.7 Å². The van der Waals surface area contributed by atoms with E-state index in [4.69, 9.17) is 14.2 Å². The van der Waals surface area contributed by atoms with Crippen molar-refractivity contribution in [3.05, 3.63) is 48.1 Å². The van der Waals surface area contributed by atoms with Gasteiger partial charge in [0.15, 0.2) is 11.6 Å². The molecule has 9 nitrogen and oxygen atoms in total. The second-order valence-corrected chi connectivity index (χ2v) is 7.21. The third-order valence-corrected chi connectivity index (χ3v) is 4.31. The molecule has 0 aromatic rings. The molecule has 0 saturated heterocycles. The highest BCUT2D eigenvalue weighted by Gasteiger charge is 2.24. The molecule has 0 heterocycles. The van der Waals surface area contributed by atoms with Gasteiger partial charge in [0.2, 0.25) is 0 Å². The van der Waals surface area contributed by atoms with Crippen molar-refractivity contribution in [3.8, 4) is 0 Å². The fourth-order valence-electron chi connectivity index (χ4n) is 2.58. The second kappa shape index (κ2) is 15.0. The first-order chi connectivity index (χ1) is 15.2. The van der Waals surface area contributed by atoms with Crippen LogP contribution in [0.2, 0.25) is 0 Å². The fourth-order valence-corrected chi connectivity index (χ4v) is 2.58. The number of rotatable bonds is 12. The largest absolute Gasteiger partial charge is 0.460 e. The highest BCUT2D eigenvalue weighted by atomic mass is 16.6. The summed E-state index contributed by atoms with van der Waals surface area (Å²) < 4.78 is 14.7. The predicted molar refractivity (Wildman–Crippen MR) is 114 cm³/mol. The quantitative estimate of drug-likeness (QED) is 0.193. The molecule has 0 radical (unpaired) electrons. The molecule has 1 rings (SSSR count). The van der Waals surface area contributed by atoms with E-state index < -0.39 is 29.9 Å². The van der Waals surface area contributed by atoms with Gasteiger partial charge in [-0.05, 0) is 30.9 Å². The molecule has 1 saturated carbocycles. The molecule has 1 fully saturated rings. The first-order valence-corrected chi connectivity index (χ1v) is 10.2. The number of hydrogen-bond acceptors (Lipinski definition) is 9. The van der Waals surface area contributed by atoms with Gasteiger partial charge in [-0.1, -0.05) is 24.3 Å². The first-order valence-electron chi connectivity index (χ1n) is 10.2. The normalized spacial score (nSPS) is 19.6. The Kier molecular flexibility index (Phi) is 12.7. The van der Waals surface area contributed by atoms with Gasteiger partial charge < -0.3 is 24.4 Å². The number of carbonyl (C=O) groups excluding carboxylic acids is 4. The summed E-state index contributed by atoms with van der Waals surface area (Å²) >= 11 is 0. The van der Waals surface area contributed by atoms with Crippen LogP contribution in [0.1, 0.15) is 26.2 Å². The molecule has 3 unspecified atom stereocenters. The molecule has 3 atom stereocenters. The SMILES string of the molecule is COCC=C(C=CC(=O)OCC(O)COC(=O)/C=C/C1CCC(=O)C(=O)C1)C=CC(C)O. The Morgan fingerprint density at radius 1 is 1.03 bits per heavy atom. The highest BCUT2D eigenvalue weighted by Crippen LogP contribution is 2.20. The van der Waals surface area contributed by atoms with E-state index in [1.54, 1.807) is 19.1 Å². The fraction of sp³-hybridized carbons (Fsp3) is 0.478. The molecule has 0 aromatic heterocycles. The summed E-state index contributed by atoms with van der Waals surface area (Å²) in [5.74, 6) is -2.43. The van der Waals surface area contributed by atoms with Crippen LogP contribution < -0.4 is 0 Å². The van der Waals surface area contributed by atoms with Gasteiger partial charge in [-0.15, -0.1) is 0 Å². The van der Waals surface area contributed by atoms with Crippen molar-refractivity contribution in [1.82, 2.24) is 0 Å². The molecule has 32 heavy (non-hydrogen) atoms. The van der Waals surface area contributed by atoms with Crippen LogP contribution in [-0.4, -0.2) is 72.9 Å². The lowest BCUT2D eigenvalue weighted by Crippen LogP contribution is -2.25. The minimum atomic E-state index is -1.21. The number of carbonyl (C=O) groups is 4. The van der Waals surface area contributed by atoms with Crippen LogP contribution in [0.15, 0.2) is 48.1 Å². The Labute approximate surface area is 187 Å². The van der Waals surface area contributed by atoms with Gasteiger partial charge in [0.25, 0.3) is 0 Å². The van der Waals surface area contributed by atoms with Crippen molar-refractivity contribution in [1.29, 1.82) is 0 Å². The summed E-state index contributed by atoms with van der Waals surface area (Å²) in [7, 11) is 1.52. The second-order valence-electron chi connectivity index (χ2n) is 7.21. The van der Waals surface area contributed by atoms with Crippen molar-refractivity contribution in [2.24, 2.45) is 5.92 Å².